The summed E-state index contributed by atoms with van der Waals surface area (Å²) in [6.45, 7) is -0.713. The van der Waals surface area contributed by atoms with Gasteiger partial charge in [-0.3, -0.25) is 10.2 Å². The van der Waals surface area contributed by atoms with Crippen molar-refractivity contribution in [3.8, 4) is 0 Å². The third-order valence-electron chi connectivity index (χ3n) is 3.12. The molecule has 0 aromatic carbocycles. The summed E-state index contributed by atoms with van der Waals surface area (Å²) < 4.78 is 0. The van der Waals surface area contributed by atoms with Crippen molar-refractivity contribution < 1.29 is 40.2 Å². The van der Waals surface area contributed by atoms with E-state index in [-0.39, 0.29) is 25.3 Å². The molecule has 0 spiro atoms. The monoisotopic (exact) mass is 462 g/mol. The Balaban J connectivity index is 0. The molecule has 156 valence electrons. The molecule has 1 amide bonds. The molecule has 15 heteroatoms. The summed E-state index contributed by atoms with van der Waals surface area (Å²) in [5.41, 5.74) is 5.05. The van der Waals surface area contributed by atoms with Crippen LogP contribution < -0.4 is 16.4 Å². The number of aliphatic hydroxyl groups excluding tert-OH is 5. The summed E-state index contributed by atoms with van der Waals surface area (Å²) in [5.74, 6) is -2.94. The zero-order valence-electron chi connectivity index (χ0n) is 14.3. The van der Waals surface area contributed by atoms with Gasteiger partial charge in [-0.05, 0) is 12.8 Å². The van der Waals surface area contributed by atoms with E-state index in [1.54, 1.807) is 0 Å². The number of nitrogens with two attached hydrogens (primary N) is 1. The van der Waals surface area contributed by atoms with Crippen LogP contribution in [0.1, 0.15) is 12.8 Å². The van der Waals surface area contributed by atoms with Gasteiger partial charge in [-0.25, -0.2) is 4.79 Å². The van der Waals surface area contributed by atoms with Crippen LogP contribution in [0.2, 0.25) is 0 Å². The number of halogens is 2. The SMILES string of the molecule is N=C(N)NCCC[C@H](NC(=O)[C@H](O)[C@@H](O)[C@H](O)[C@H](O)CO)C(=O)O.[Cl][Ca][Cl]. The number of hydrogen-bond acceptors (Lipinski definition) is 8. The van der Waals surface area contributed by atoms with E-state index in [0.717, 1.165) is 0 Å². The molecular weight excluding hydrogens is 439 g/mol. The molecule has 0 aliphatic carbocycles. The fraction of sp³-hybridized carbons (Fsp3) is 0.750. The van der Waals surface area contributed by atoms with Crippen LogP contribution in [0.5, 0.6) is 0 Å². The number of amides is 1. The third kappa shape index (κ3) is 13.6. The summed E-state index contributed by atoms with van der Waals surface area (Å²) >= 11 is -0.931. The van der Waals surface area contributed by atoms with E-state index in [9.17, 15) is 24.9 Å². The predicted molar refractivity (Wildman–Crippen MR) is 97.3 cm³/mol. The van der Waals surface area contributed by atoms with Crippen LogP contribution in [-0.2, 0) is 9.59 Å². The number of aliphatic carboxylic acids is 1. The van der Waals surface area contributed by atoms with E-state index in [2.05, 4.69) is 5.32 Å². The standard InChI is InChI=1S/C12H24N4O8.Ca.2ClH/c13-12(14)15-3-1-2-5(11(23)24)16-10(22)9(21)8(20)7(19)6(18)4-17;;;/h5-9,17-21H,1-4H2,(H,16,22)(H,23,24)(H4,13,14,15);;2*1H/q;+2;;/p-2/t5-,6+,7+,8-,9+;;;/m0.../s1. The average Bonchev–Trinajstić information content (AvgIpc) is 2.61. The van der Waals surface area contributed by atoms with Crippen molar-refractivity contribution in [2.24, 2.45) is 5.73 Å². The molecule has 11 N–H and O–H groups in total. The van der Waals surface area contributed by atoms with Gasteiger partial charge in [0, 0.05) is 6.54 Å². The van der Waals surface area contributed by atoms with E-state index in [1.165, 1.54) is 0 Å². The van der Waals surface area contributed by atoms with E-state index >= 15 is 0 Å². The van der Waals surface area contributed by atoms with Crippen LogP contribution in [0.3, 0.4) is 0 Å². The Bertz CT molecular complexity index is 465. The molecule has 0 rings (SSSR count). The Kier molecular flexibility index (Phi) is 18.0. The average molecular weight is 463 g/mol. The van der Waals surface area contributed by atoms with Gasteiger partial charge in [0.15, 0.2) is 12.1 Å². The Labute approximate surface area is 178 Å². The summed E-state index contributed by atoms with van der Waals surface area (Å²) in [7, 11) is 0. The first-order chi connectivity index (χ1) is 12.5. The number of guanidine groups is 1. The molecule has 0 fully saturated rings. The normalized spacial score (nSPS) is 15.7. The minimum absolute atomic E-state index is 0.0496. The molecule has 0 bridgehead atoms. The number of nitrogens with one attached hydrogen (secondary N) is 3. The molecule has 0 saturated heterocycles. The van der Waals surface area contributed by atoms with Gasteiger partial charge < -0.3 is 47.0 Å². The van der Waals surface area contributed by atoms with Crippen molar-refractivity contribution in [2.45, 2.75) is 43.3 Å². The fourth-order valence-electron chi connectivity index (χ4n) is 1.72. The van der Waals surface area contributed by atoms with Crippen molar-refractivity contribution in [1.82, 2.24) is 10.6 Å². The predicted octanol–water partition coefficient (Wildman–Crippen LogP) is -3.75. The van der Waals surface area contributed by atoms with Crippen LogP contribution in [0, 0.1) is 5.41 Å². The fourth-order valence-corrected chi connectivity index (χ4v) is 1.72. The Hall–Kier alpha value is -0.150. The van der Waals surface area contributed by atoms with E-state index < -0.39 is 79.8 Å². The van der Waals surface area contributed by atoms with Gasteiger partial charge in [-0.15, -0.1) is 0 Å². The number of hydrogen-bond donors (Lipinski definition) is 10. The molecule has 12 nitrogen and oxygen atoms in total. The van der Waals surface area contributed by atoms with Gasteiger partial charge in [0.25, 0.3) is 5.91 Å². The van der Waals surface area contributed by atoms with E-state index in [4.69, 9.17) is 39.2 Å². The second-order valence-corrected chi connectivity index (χ2v) is 8.81. The summed E-state index contributed by atoms with van der Waals surface area (Å²) in [6, 6.07) is -1.38. The number of carbonyl (C=O) groups is 2. The van der Waals surface area contributed by atoms with Crippen LogP contribution in [-0.4, -0.2) is 123 Å². The number of carbonyl (C=O) groups excluding carboxylic acids is 1. The zero-order chi connectivity index (χ0) is 21.6. The summed E-state index contributed by atoms with van der Waals surface area (Å²) in [4.78, 5) is 22.8. The molecule has 0 aliphatic heterocycles. The van der Waals surface area contributed by atoms with E-state index in [0.29, 0.717) is 0 Å². The number of rotatable bonds is 11. The zero-order valence-corrected chi connectivity index (χ0v) is 18.0. The molecular formula is C12H24CaCl2N4O8. The molecule has 0 heterocycles. The van der Waals surface area contributed by atoms with Crippen LogP contribution >= 0.6 is 12.8 Å². The first-order valence-corrected chi connectivity index (χ1v) is 13.7. The Morgan fingerprint density at radius 2 is 1.67 bits per heavy atom. The van der Waals surface area contributed by atoms with Crippen LogP contribution in [0.25, 0.3) is 0 Å². The first kappa shape index (κ1) is 29.1. The number of aliphatic hydroxyl groups is 5. The Morgan fingerprint density at radius 3 is 2.07 bits per heavy atom. The van der Waals surface area contributed by atoms with Gasteiger partial charge in [0.1, 0.15) is 24.4 Å². The number of carboxylic acid groups (broad SMARTS) is 1. The van der Waals surface area contributed by atoms with Gasteiger partial charge in [0.05, 0.1) is 6.61 Å². The van der Waals surface area contributed by atoms with Gasteiger partial charge in [-0.1, -0.05) is 0 Å². The second kappa shape index (κ2) is 16.8. The van der Waals surface area contributed by atoms with Gasteiger partial charge in [0.2, 0.25) is 0 Å². The Morgan fingerprint density at radius 1 is 1.15 bits per heavy atom. The van der Waals surface area contributed by atoms with E-state index in [1.807, 2.05) is 5.32 Å². The summed E-state index contributed by atoms with van der Waals surface area (Å²) in [5, 5.41) is 66.8. The van der Waals surface area contributed by atoms with Crippen molar-refractivity contribution in [2.75, 3.05) is 13.2 Å². The van der Waals surface area contributed by atoms with Crippen molar-refractivity contribution in [3.05, 3.63) is 0 Å². The maximum atomic E-state index is 11.7. The van der Waals surface area contributed by atoms with Crippen LogP contribution in [0.15, 0.2) is 0 Å². The second-order valence-electron chi connectivity index (χ2n) is 5.16. The third-order valence-corrected chi connectivity index (χ3v) is 3.12. The van der Waals surface area contributed by atoms with Crippen molar-refractivity contribution in [3.63, 3.8) is 0 Å². The molecule has 0 aromatic rings. The van der Waals surface area contributed by atoms with Crippen LogP contribution in [0.4, 0.5) is 0 Å². The van der Waals surface area contributed by atoms with Gasteiger partial charge >= 0.3 is 49.6 Å². The molecule has 5 atom stereocenters. The molecule has 0 radical (unpaired) electrons. The van der Waals surface area contributed by atoms with Gasteiger partial charge in [-0.2, -0.15) is 0 Å². The quantitative estimate of drug-likeness (QED) is 0.0623. The molecule has 0 aromatic heterocycles. The number of carboxylic acids is 1. The van der Waals surface area contributed by atoms with Crippen molar-refractivity contribution in [1.29, 1.82) is 5.41 Å². The summed E-state index contributed by atoms with van der Waals surface area (Å²) in [6.07, 6.45) is 1.97. The molecule has 0 unspecified atom stereocenters. The first-order valence-electron chi connectivity index (χ1n) is 7.59. The topological polar surface area (TPSA) is 229 Å². The molecule has 0 aliphatic rings. The molecule has 0 saturated carbocycles. The van der Waals surface area contributed by atoms with Crippen molar-refractivity contribution >= 4 is 61.5 Å². The molecule has 27 heavy (non-hydrogen) atoms. The minimum atomic E-state index is -2.21. The maximum absolute atomic E-state index is 11.7.